The molecule has 1 aromatic carbocycles. The van der Waals surface area contributed by atoms with E-state index < -0.39 is 0 Å². The van der Waals surface area contributed by atoms with E-state index in [1.807, 2.05) is 12.1 Å². The monoisotopic (exact) mass is 320 g/mol. The van der Waals surface area contributed by atoms with Crippen LogP contribution < -0.4 is 10.2 Å². The highest BCUT2D eigenvalue weighted by Crippen LogP contribution is 2.23. The number of benzene rings is 1. The molecule has 0 bridgehead atoms. The Kier molecular flexibility index (Phi) is 4.76. The van der Waals surface area contributed by atoms with Crippen LogP contribution in [-0.2, 0) is 0 Å². The van der Waals surface area contributed by atoms with Gasteiger partial charge in [0.05, 0.1) is 11.3 Å². The molecule has 2 aromatic rings. The summed E-state index contributed by atoms with van der Waals surface area (Å²) < 4.78 is 0. The van der Waals surface area contributed by atoms with Gasteiger partial charge in [0.2, 0.25) is 0 Å². The quantitative estimate of drug-likeness (QED) is 0.940. The number of carbonyl (C=O) groups excluding carboxylic acids is 1. The molecule has 0 unspecified atom stereocenters. The van der Waals surface area contributed by atoms with Gasteiger partial charge in [-0.1, -0.05) is 19.1 Å². The van der Waals surface area contributed by atoms with Gasteiger partial charge in [-0.25, -0.2) is 0 Å². The fraction of sp³-hybridized carbons (Fsp3) is 0.316. The predicted molar refractivity (Wildman–Crippen MR) is 94.0 cm³/mol. The number of hydrogen-bond acceptors (Lipinski definition) is 4. The Hall–Kier alpha value is -2.87. The van der Waals surface area contributed by atoms with Crippen LogP contribution >= 0.6 is 0 Å². The number of carbonyl (C=O) groups is 1. The molecule has 5 heteroatoms. The van der Waals surface area contributed by atoms with Crippen molar-refractivity contribution in [3.05, 3.63) is 53.9 Å². The van der Waals surface area contributed by atoms with E-state index in [4.69, 9.17) is 5.26 Å². The Morgan fingerprint density at radius 3 is 2.79 bits per heavy atom. The first-order valence-electron chi connectivity index (χ1n) is 8.19. The lowest BCUT2D eigenvalue weighted by Crippen LogP contribution is -2.33. The minimum absolute atomic E-state index is 0.301. The first kappa shape index (κ1) is 16.0. The van der Waals surface area contributed by atoms with Crippen LogP contribution in [0.25, 0.3) is 0 Å². The molecule has 1 fully saturated rings. The molecule has 1 aliphatic heterocycles. The lowest BCUT2D eigenvalue weighted by molar-refractivity contribution is 0.102. The zero-order valence-corrected chi connectivity index (χ0v) is 13.7. The standard InChI is InChI=1S/C19H20N4O/c1-14-7-10-23(11-8-14)16-6-9-21-18(12-16)19(24)22-17-5-3-2-4-15(17)13-20/h2-6,9,12,14H,7-8,10-11H2,1H3,(H,22,24). The van der Waals surface area contributed by atoms with E-state index in [0.717, 1.165) is 24.7 Å². The molecule has 0 aliphatic carbocycles. The second kappa shape index (κ2) is 7.14. The SMILES string of the molecule is CC1CCN(c2ccnc(C(=O)Nc3ccccc3C#N)c2)CC1. The number of piperidine rings is 1. The average Bonchev–Trinajstić information content (AvgIpc) is 2.63. The van der Waals surface area contributed by atoms with Crippen LogP contribution in [0.4, 0.5) is 11.4 Å². The van der Waals surface area contributed by atoms with E-state index in [2.05, 4.69) is 28.2 Å². The molecule has 24 heavy (non-hydrogen) atoms. The van der Waals surface area contributed by atoms with Gasteiger partial charge in [-0.3, -0.25) is 9.78 Å². The summed E-state index contributed by atoms with van der Waals surface area (Å²) >= 11 is 0. The molecule has 1 aliphatic rings. The number of amides is 1. The molecule has 0 saturated carbocycles. The fourth-order valence-corrected chi connectivity index (χ4v) is 2.88. The highest BCUT2D eigenvalue weighted by Gasteiger charge is 2.18. The number of aromatic nitrogens is 1. The summed E-state index contributed by atoms with van der Waals surface area (Å²) in [5.41, 5.74) is 2.32. The molecule has 1 N–H and O–H groups in total. The number of nitrogens with zero attached hydrogens (tertiary/aromatic N) is 3. The smallest absolute Gasteiger partial charge is 0.274 e. The van der Waals surface area contributed by atoms with Gasteiger partial charge in [-0.05, 0) is 43.0 Å². The van der Waals surface area contributed by atoms with Crippen LogP contribution in [0.15, 0.2) is 42.6 Å². The van der Waals surface area contributed by atoms with E-state index in [1.54, 1.807) is 30.5 Å². The molecule has 1 aromatic heterocycles. The molecule has 5 nitrogen and oxygen atoms in total. The highest BCUT2D eigenvalue weighted by molar-refractivity contribution is 6.04. The summed E-state index contributed by atoms with van der Waals surface area (Å²) in [4.78, 5) is 18.9. The zero-order chi connectivity index (χ0) is 16.9. The summed E-state index contributed by atoms with van der Waals surface area (Å²) in [5.74, 6) is 0.457. The molecule has 1 saturated heterocycles. The highest BCUT2D eigenvalue weighted by atomic mass is 16.1. The van der Waals surface area contributed by atoms with E-state index >= 15 is 0 Å². The van der Waals surface area contributed by atoms with Crippen molar-refractivity contribution in [2.75, 3.05) is 23.3 Å². The van der Waals surface area contributed by atoms with Crippen molar-refractivity contribution in [2.45, 2.75) is 19.8 Å². The van der Waals surface area contributed by atoms with Crippen molar-refractivity contribution in [3.8, 4) is 6.07 Å². The number of nitrogens with one attached hydrogen (secondary N) is 1. The second-order valence-electron chi connectivity index (χ2n) is 6.18. The third-order valence-electron chi connectivity index (χ3n) is 4.42. The molecule has 2 heterocycles. The lowest BCUT2D eigenvalue weighted by atomic mass is 9.99. The number of pyridine rings is 1. The minimum atomic E-state index is -0.301. The topological polar surface area (TPSA) is 69.0 Å². The van der Waals surface area contributed by atoms with Gasteiger partial charge >= 0.3 is 0 Å². The maximum Gasteiger partial charge on any atom is 0.274 e. The normalized spacial score (nSPS) is 14.9. The molecular weight excluding hydrogens is 300 g/mol. The lowest BCUT2D eigenvalue weighted by Gasteiger charge is -2.32. The first-order valence-corrected chi connectivity index (χ1v) is 8.19. The molecule has 0 radical (unpaired) electrons. The van der Waals surface area contributed by atoms with Gasteiger partial charge in [0, 0.05) is 25.0 Å². The molecule has 3 rings (SSSR count). The molecule has 0 atom stereocenters. The van der Waals surface area contributed by atoms with Crippen molar-refractivity contribution in [1.82, 2.24) is 4.98 Å². The Bertz CT molecular complexity index is 773. The average molecular weight is 320 g/mol. The van der Waals surface area contributed by atoms with Crippen molar-refractivity contribution < 1.29 is 4.79 Å². The van der Waals surface area contributed by atoms with Gasteiger partial charge < -0.3 is 10.2 Å². The molecule has 0 spiro atoms. The third kappa shape index (κ3) is 3.54. The third-order valence-corrected chi connectivity index (χ3v) is 4.42. The van der Waals surface area contributed by atoms with Crippen molar-refractivity contribution in [1.29, 1.82) is 5.26 Å². The second-order valence-corrected chi connectivity index (χ2v) is 6.18. The van der Waals surface area contributed by atoms with E-state index in [0.29, 0.717) is 16.9 Å². The first-order chi connectivity index (χ1) is 11.7. The fourth-order valence-electron chi connectivity index (χ4n) is 2.88. The molecule has 122 valence electrons. The van der Waals surface area contributed by atoms with Gasteiger partial charge in [-0.2, -0.15) is 5.26 Å². The van der Waals surface area contributed by atoms with E-state index in [-0.39, 0.29) is 5.91 Å². The number of hydrogen-bond donors (Lipinski definition) is 1. The maximum atomic E-state index is 12.5. The van der Waals surface area contributed by atoms with Gasteiger partial charge in [0.15, 0.2) is 0 Å². The Balaban J connectivity index is 1.76. The van der Waals surface area contributed by atoms with Crippen molar-refractivity contribution in [3.63, 3.8) is 0 Å². The number of rotatable bonds is 3. The van der Waals surface area contributed by atoms with Crippen molar-refractivity contribution in [2.24, 2.45) is 5.92 Å². The van der Waals surface area contributed by atoms with Crippen LogP contribution in [0.3, 0.4) is 0 Å². The predicted octanol–water partition coefficient (Wildman–Crippen LogP) is 3.44. The molecular formula is C19H20N4O. The van der Waals surface area contributed by atoms with Crippen LogP contribution in [-0.4, -0.2) is 24.0 Å². The van der Waals surface area contributed by atoms with Gasteiger partial charge in [0.1, 0.15) is 11.8 Å². The summed E-state index contributed by atoms with van der Waals surface area (Å²) in [5, 5.41) is 11.9. The van der Waals surface area contributed by atoms with Crippen LogP contribution in [0.1, 0.15) is 35.8 Å². The largest absolute Gasteiger partial charge is 0.371 e. The van der Waals surface area contributed by atoms with Crippen LogP contribution in [0, 0.1) is 17.2 Å². The van der Waals surface area contributed by atoms with Crippen LogP contribution in [0.5, 0.6) is 0 Å². The maximum absolute atomic E-state index is 12.5. The Morgan fingerprint density at radius 1 is 1.29 bits per heavy atom. The number of para-hydroxylation sites is 1. The summed E-state index contributed by atoms with van der Waals surface area (Å²) in [6.07, 6.45) is 4.00. The summed E-state index contributed by atoms with van der Waals surface area (Å²) in [7, 11) is 0. The van der Waals surface area contributed by atoms with Gasteiger partial charge in [-0.15, -0.1) is 0 Å². The number of nitriles is 1. The summed E-state index contributed by atoms with van der Waals surface area (Å²) in [6, 6.07) is 12.8. The minimum Gasteiger partial charge on any atom is -0.371 e. The Labute approximate surface area is 141 Å². The summed E-state index contributed by atoms with van der Waals surface area (Å²) in [6.45, 7) is 4.28. The van der Waals surface area contributed by atoms with Gasteiger partial charge in [0.25, 0.3) is 5.91 Å². The van der Waals surface area contributed by atoms with Crippen molar-refractivity contribution >= 4 is 17.3 Å². The number of anilines is 2. The Morgan fingerprint density at radius 2 is 2.04 bits per heavy atom. The zero-order valence-electron chi connectivity index (χ0n) is 13.7. The van der Waals surface area contributed by atoms with Crippen LogP contribution in [0.2, 0.25) is 0 Å². The van der Waals surface area contributed by atoms with E-state index in [9.17, 15) is 4.79 Å². The van der Waals surface area contributed by atoms with E-state index in [1.165, 1.54) is 12.8 Å². The molecule has 1 amide bonds.